The van der Waals surface area contributed by atoms with Crippen molar-refractivity contribution in [1.29, 1.82) is 0 Å². The Bertz CT molecular complexity index is 487. The highest BCUT2D eigenvalue weighted by Crippen LogP contribution is 2.36. The Balaban J connectivity index is 1.50. The van der Waals surface area contributed by atoms with E-state index in [1.54, 1.807) is 0 Å². The Morgan fingerprint density at radius 2 is 1.86 bits per heavy atom. The van der Waals surface area contributed by atoms with Gasteiger partial charge in [-0.05, 0) is 43.1 Å². The van der Waals surface area contributed by atoms with Crippen molar-refractivity contribution >= 4 is 5.91 Å². The maximum atomic E-state index is 12.6. The van der Waals surface area contributed by atoms with Gasteiger partial charge in [0.2, 0.25) is 5.91 Å². The zero-order valence-corrected chi connectivity index (χ0v) is 13.4. The Morgan fingerprint density at radius 1 is 1.14 bits per heavy atom. The van der Waals surface area contributed by atoms with Crippen molar-refractivity contribution in [3.8, 4) is 0 Å². The van der Waals surface area contributed by atoms with Gasteiger partial charge < -0.3 is 10.6 Å². The van der Waals surface area contributed by atoms with Crippen molar-refractivity contribution in [3.05, 3.63) is 35.9 Å². The summed E-state index contributed by atoms with van der Waals surface area (Å²) in [5.74, 6) is 1.76. The fourth-order valence-electron chi connectivity index (χ4n) is 4.13. The summed E-state index contributed by atoms with van der Waals surface area (Å²) in [5, 5.41) is 0. The highest BCUT2D eigenvalue weighted by Gasteiger charge is 2.34. The van der Waals surface area contributed by atoms with E-state index in [1.165, 1.54) is 37.7 Å². The van der Waals surface area contributed by atoms with Gasteiger partial charge in [-0.3, -0.25) is 4.79 Å². The molecule has 3 rings (SSSR count). The average molecular weight is 300 g/mol. The summed E-state index contributed by atoms with van der Waals surface area (Å²) in [6.45, 7) is 1.86. The molecule has 2 fully saturated rings. The van der Waals surface area contributed by atoms with Gasteiger partial charge >= 0.3 is 0 Å². The SMILES string of the molecule is N[C@@H](CCc1ccccc1)C(=O)N1CCC2CCCCC2C1. The summed E-state index contributed by atoms with van der Waals surface area (Å²) in [4.78, 5) is 14.6. The van der Waals surface area contributed by atoms with Crippen LogP contribution in [0.3, 0.4) is 0 Å². The molecule has 2 unspecified atom stereocenters. The quantitative estimate of drug-likeness (QED) is 0.929. The number of carbonyl (C=O) groups excluding carboxylic acids is 1. The van der Waals surface area contributed by atoms with Gasteiger partial charge in [-0.1, -0.05) is 49.6 Å². The molecule has 1 saturated carbocycles. The molecule has 1 aliphatic heterocycles. The number of aryl methyl sites for hydroxylation is 1. The second kappa shape index (κ2) is 7.28. The second-order valence-electron chi connectivity index (χ2n) is 7.01. The van der Waals surface area contributed by atoms with Crippen LogP contribution in [-0.4, -0.2) is 29.9 Å². The summed E-state index contributed by atoms with van der Waals surface area (Å²) in [6, 6.07) is 9.95. The zero-order valence-electron chi connectivity index (χ0n) is 13.4. The van der Waals surface area contributed by atoms with E-state index in [2.05, 4.69) is 12.1 Å². The van der Waals surface area contributed by atoms with E-state index in [-0.39, 0.29) is 11.9 Å². The summed E-state index contributed by atoms with van der Waals surface area (Å²) in [7, 11) is 0. The Morgan fingerprint density at radius 3 is 2.64 bits per heavy atom. The highest BCUT2D eigenvalue weighted by atomic mass is 16.2. The Hall–Kier alpha value is -1.35. The minimum atomic E-state index is -0.347. The maximum absolute atomic E-state index is 12.6. The lowest BCUT2D eigenvalue weighted by molar-refractivity contribution is -0.135. The number of carbonyl (C=O) groups is 1. The third-order valence-electron chi connectivity index (χ3n) is 5.51. The van der Waals surface area contributed by atoms with Crippen LogP contribution in [0.4, 0.5) is 0 Å². The van der Waals surface area contributed by atoms with Crippen molar-refractivity contribution in [2.24, 2.45) is 17.6 Å². The van der Waals surface area contributed by atoms with Crippen molar-refractivity contribution in [2.75, 3.05) is 13.1 Å². The molecule has 0 aromatic heterocycles. The minimum Gasteiger partial charge on any atom is -0.341 e. The number of piperidine rings is 1. The Kier molecular flexibility index (Phi) is 5.14. The van der Waals surface area contributed by atoms with Crippen LogP contribution in [0.25, 0.3) is 0 Å². The van der Waals surface area contributed by atoms with Gasteiger partial charge in [-0.2, -0.15) is 0 Å². The molecule has 1 amide bonds. The van der Waals surface area contributed by atoms with Crippen LogP contribution in [-0.2, 0) is 11.2 Å². The zero-order chi connectivity index (χ0) is 15.4. The normalized spacial score (nSPS) is 26.3. The first-order chi connectivity index (χ1) is 10.7. The summed E-state index contributed by atoms with van der Waals surface area (Å²) >= 11 is 0. The molecule has 0 radical (unpaired) electrons. The molecule has 3 heteroatoms. The molecule has 1 aliphatic carbocycles. The molecule has 2 N–H and O–H groups in total. The van der Waals surface area contributed by atoms with Gasteiger partial charge in [0.1, 0.15) is 0 Å². The molecule has 1 aromatic rings. The number of nitrogens with two attached hydrogens (primary N) is 1. The maximum Gasteiger partial charge on any atom is 0.239 e. The van der Waals surface area contributed by atoms with Crippen molar-refractivity contribution in [1.82, 2.24) is 4.90 Å². The molecule has 120 valence electrons. The van der Waals surface area contributed by atoms with Gasteiger partial charge in [-0.15, -0.1) is 0 Å². The summed E-state index contributed by atoms with van der Waals surface area (Å²) in [5.41, 5.74) is 7.43. The van der Waals surface area contributed by atoms with Gasteiger partial charge in [0.25, 0.3) is 0 Å². The third kappa shape index (κ3) is 3.70. The van der Waals surface area contributed by atoms with Crippen LogP contribution in [0.1, 0.15) is 44.1 Å². The lowest BCUT2D eigenvalue weighted by Crippen LogP contribution is -2.50. The van der Waals surface area contributed by atoms with Crippen molar-refractivity contribution in [2.45, 2.75) is 51.0 Å². The number of nitrogens with zero attached hydrogens (tertiary/aromatic N) is 1. The number of fused-ring (bicyclic) bond motifs is 1. The molecule has 0 bridgehead atoms. The second-order valence-corrected chi connectivity index (χ2v) is 7.01. The molecule has 1 heterocycles. The predicted molar refractivity (Wildman–Crippen MR) is 89.4 cm³/mol. The van der Waals surface area contributed by atoms with E-state index in [0.29, 0.717) is 0 Å². The van der Waals surface area contributed by atoms with E-state index in [4.69, 9.17) is 5.73 Å². The Labute approximate surface area is 133 Å². The first kappa shape index (κ1) is 15.5. The number of likely N-dealkylation sites (tertiary alicyclic amines) is 1. The molecule has 1 aromatic carbocycles. The first-order valence-electron chi connectivity index (χ1n) is 8.82. The fourth-order valence-corrected chi connectivity index (χ4v) is 4.13. The topological polar surface area (TPSA) is 46.3 Å². The van der Waals surface area contributed by atoms with Crippen LogP contribution in [0.2, 0.25) is 0 Å². The number of hydrogen-bond donors (Lipinski definition) is 1. The molecule has 22 heavy (non-hydrogen) atoms. The lowest BCUT2D eigenvalue weighted by Gasteiger charge is -2.42. The number of amides is 1. The van der Waals surface area contributed by atoms with Gasteiger partial charge in [0, 0.05) is 13.1 Å². The van der Waals surface area contributed by atoms with Crippen molar-refractivity contribution < 1.29 is 4.79 Å². The first-order valence-corrected chi connectivity index (χ1v) is 8.82. The van der Waals surface area contributed by atoms with Gasteiger partial charge in [-0.25, -0.2) is 0 Å². The molecular formula is C19H28N2O. The lowest BCUT2D eigenvalue weighted by atomic mass is 9.75. The smallest absolute Gasteiger partial charge is 0.239 e. The number of benzene rings is 1. The van der Waals surface area contributed by atoms with E-state index in [9.17, 15) is 4.79 Å². The van der Waals surface area contributed by atoms with Crippen LogP contribution >= 0.6 is 0 Å². The van der Waals surface area contributed by atoms with Crippen LogP contribution in [0, 0.1) is 11.8 Å². The summed E-state index contributed by atoms with van der Waals surface area (Å²) in [6.07, 6.45) is 8.19. The van der Waals surface area contributed by atoms with E-state index >= 15 is 0 Å². The largest absolute Gasteiger partial charge is 0.341 e. The third-order valence-corrected chi connectivity index (χ3v) is 5.51. The molecule has 2 aliphatic rings. The molecular weight excluding hydrogens is 272 g/mol. The standard InChI is InChI=1S/C19H28N2O/c20-18(11-10-15-6-2-1-3-7-15)19(22)21-13-12-16-8-4-5-9-17(16)14-21/h1-3,6-7,16-18H,4-5,8-14,20H2/t16?,17?,18-/m0/s1. The fraction of sp³-hybridized carbons (Fsp3) is 0.632. The van der Waals surface area contributed by atoms with E-state index in [1.807, 2.05) is 23.1 Å². The van der Waals surface area contributed by atoms with Gasteiger partial charge in [0.15, 0.2) is 0 Å². The minimum absolute atomic E-state index is 0.167. The van der Waals surface area contributed by atoms with Crippen LogP contribution in [0.15, 0.2) is 30.3 Å². The number of rotatable bonds is 4. The average Bonchev–Trinajstić information content (AvgIpc) is 2.59. The molecule has 0 spiro atoms. The molecule has 3 nitrogen and oxygen atoms in total. The van der Waals surface area contributed by atoms with E-state index in [0.717, 1.165) is 37.8 Å². The molecule has 1 saturated heterocycles. The van der Waals surface area contributed by atoms with Crippen LogP contribution in [0.5, 0.6) is 0 Å². The summed E-state index contributed by atoms with van der Waals surface area (Å²) < 4.78 is 0. The predicted octanol–water partition coefficient (Wildman–Crippen LogP) is 2.99. The van der Waals surface area contributed by atoms with Gasteiger partial charge in [0.05, 0.1) is 6.04 Å². The van der Waals surface area contributed by atoms with E-state index < -0.39 is 0 Å². The van der Waals surface area contributed by atoms with Crippen molar-refractivity contribution in [3.63, 3.8) is 0 Å². The molecule has 3 atom stereocenters. The monoisotopic (exact) mass is 300 g/mol. The highest BCUT2D eigenvalue weighted by molar-refractivity contribution is 5.81. The van der Waals surface area contributed by atoms with Crippen LogP contribution < -0.4 is 5.73 Å². The number of hydrogen-bond acceptors (Lipinski definition) is 2.